The molecule has 0 atom stereocenters. The summed E-state index contributed by atoms with van der Waals surface area (Å²) < 4.78 is 5.73. The molecule has 2 aromatic rings. The van der Waals surface area contributed by atoms with Crippen LogP contribution >= 0.6 is 11.3 Å². The molecule has 1 aromatic heterocycles. The van der Waals surface area contributed by atoms with Crippen molar-refractivity contribution in [3.63, 3.8) is 0 Å². The second-order valence-electron chi connectivity index (χ2n) is 4.95. The molecular formula is C16H20N2O2S. The molecule has 0 aliphatic heterocycles. The Labute approximate surface area is 129 Å². The normalized spacial score (nSPS) is 10.4. The molecule has 4 nitrogen and oxygen atoms in total. The number of para-hydroxylation sites is 1. The van der Waals surface area contributed by atoms with Crippen molar-refractivity contribution >= 4 is 17.2 Å². The summed E-state index contributed by atoms with van der Waals surface area (Å²) in [7, 11) is 1.80. The first kappa shape index (κ1) is 15.5. The molecule has 0 aliphatic carbocycles. The maximum Gasteiger partial charge on any atom is 0.273 e. The Morgan fingerprint density at radius 3 is 2.76 bits per heavy atom. The van der Waals surface area contributed by atoms with E-state index in [1.165, 1.54) is 11.3 Å². The second-order valence-corrected chi connectivity index (χ2v) is 6.01. The molecule has 1 aromatic carbocycles. The summed E-state index contributed by atoms with van der Waals surface area (Å²) in [5.74, 6) is 0.872. The molecule has 5 heteroatoms. The van der Waals surface area contributed by atoms with Crippen LogP contribution in [0.25, 0.3) is 0 Å². The van der Waals surface area contributed by atoms with Crippen molar-refractivity contribution < 1.29 is 9.53 Å². The average Bonchev–Trinajstić information content (AvgIpc) is 2.91. The molecule has 0 spiro atoms. The average molecular weight is 304 g/mol. The lowest BCUT2D eigenvalue weighted by molar-refractivity contribution is 0.0782. The zero-order chi connectivity index (χ0) is 15.2. The molecule has 0 bridgehead atoms. The number of nitrogens with zero attached hydrogens (tertiary/aromatic N) is 2. The zero-order valence-corrected chi connectivity index (χ0v) is 13.4. The zero-order valence-electron chi connectivity index (χ0n) is 12.6. The van der Waals surface area contributed by atoms with Gasteiger partial charge in [0.15, 0.2) is 0 Å². The highest BCUT2D eigenvalue weighted by atomic mass is 32.1. The summed E-state index contributed by atoms with van der Waals surface area (Å²) in [5.41, 5.74) is 1.65. The van der Waals surface area contributed by atoms with E-state index in [1.807, 2.05) is 38.1 Å². The third-order valence-corrected chi connectivity index (χ3v) is 3.95. The van der Waals surface area contributed by atoms with Crippen LogP contribution in [0.3, 0.4) is 0 Å². The SMILES string of the molecule is Cc1nc(C(=O)N(C)CCCOc2ccccc2C)cs1. The molecule has 2 rings (SSSR count). The minimum absolute atomic E-state index is 0.0322. The van der Waals surface area contributed by atoms with Crippen molar-refractivity contribution in [2.24, 2.45) is 0 Å². The monoisotopic (exact) mass is 304 g/mol. The van der Waals surface area contributed by atoms with Crippen LogP contribution in [0.5, 0.6) is 5.75 Å². The minimum Gasteiger partial charge on any atom is -0.493 e. The lowest BCUT2D eigenvalue weighted by atomic mass is 10.2. The first-order chi connectivity index (χ1) is 10.1. The van der Waals surface area contributed by atoms with Gasteiger partial charge in [-0.2, -0.15) is 0 Å². The van der Waals surface area contributed by atoms with Gasteiger partial charge >= 0.3 is 0 Å². The molecule has 112 valence electrons. The maximum atomic E-state index is 12.1. The first-order valence-corrected chi connectivity index (χ1v) is 7.82. The topological polar surface area (TPSA) is 42.4 Å². The fourth-order valence-electron chi connectivity index (χ4n) is 1.96. The van der Waals surface area contributed by atoms with Crippen LogP contribution in [0.15, 0.2) is 29.6 Å². The van der Waals surface area contributed by atoms with E-state index >= 15 is 0 Å². The fourth-order valence-corrected chi connectivity index (χ4v) is 2.55. The van der Waals surface area contributed by atoms with Crippen LogP contribution in [0, 0.1) is 13.8 Å². The number of rotatable bonds is 6. The summed E-state index contributed by atoms with van der Waals surface area (Å²) in [4.78, 5) is 18.0. The number of aromatic nitrogens is 1. The molecule has 1 heterocycles. The lowest BCUT2D eigenvalue weighted by Gasteiger charge is -2.16. The maximum absolute atomic E-state index is 12.1. The van der Waals surface area contributed by atoms with Crippen molar-refractivity contribution in [3.05, 3.63) is 45.9 Å². The van der Waals surface area contributed by atoms with Gasteiger partial charge in [-0.15, -0.1) is 11.3 Å². The molecule has 0 unspecified atom stereocenters. The van der Waals surface area contributed by atoms with E-state index in [-0.39, 0.29) is 5.91 Å². The second kappa shape index (κ2) is 7.22. The van der Waals surface area contributed by atoms with E-state index in [1.54, 1.807) is 17.3 Å². The van der Waals surface area contributed by atoms with E-state index in [0.717, 1.165) is 22.7 Å². The first-order valence-electron chi connectivity index (χ1n) is 6.94. The molecule has 1 amide bonds. The van der Waals surface area contributed by atoms with Crippen molar-refractivity contribution in [3.8, 4) is 5.75 Å². The van der Waals surface area contributed by atoms with E-state index in [9.17, 15) is 4.79 Å². The van der Waals surface area contributed by atoms with Gasteiger partial charge in [-0.25, -0.2) is 4.98 Å². The number of amides is 1. The number of carbonyl (C=O) groups is 1. The molecular weight excluding hydrogens is 284 g/mol. The van der Waals surface area contributed by atoms with Crippen molar-refractivity contribution in [1.82, 2.24) is 9.88 Å². The standard InChI is InChI=1S/C16H20N2O2S/c1-12-7-4-5-8-15(12)20-10-6-9-18(3)16(19)14-11-21-13(2)17-14/h4-5,7-8,11H,6,9-10H2,1-3H3. The van der Waals surface area contributed by atoms with Gasteiger partial charge in [0.2, 0.25) is 0 Å². The number of ether oxygens (including phenoxy) is 1. The van der Waals surface area contributed by atoms with Crippen molar-refractivity contribution in [2.75, 3.05) is 20.2 Å². The van der Waals surface area contributed by atoms with Gasteiger partial charge in [0, 0.05) is 19.0 Å². The van der Waals surface area contributed by atoms with Crippen LogP contribution in [-0.2, 0) is 0 Å². The van der Waals surface area contributed by atoms with Gasteiger partial charge in [0.1, 0.15) is 11.4 Å². The highest BCUT2D eigenvalue weighted by Gasteiger charge is 2.14. The molecule has 0 saturated carbocycles. The number of benzene rings is 1. The Hall–Kier alpha value is -1.88. The Morgan fingerprint density at radius 2 is 2.10 bits per heavy atom. The summed E-state index contributed by atoms with van der Waals surface area (Å²) in [6, 6.07) is 7.94. The van der Waals surface area contributed by atoms with Gasteiger partial charge in [-0.1, -0.05) is 18.2 Å². The van der Waals surface area contributed by atoms with Gasteiger partial charge in [-0.3, -0.25) is 4.79 Å². The fraction of sp³-hybridized carbons (Fsp3) is 0.375. The van der Waals surface area contributed by atoms with Crippen LogP contribution in [0.1, 0.15) is 27.5 Å². The molecule has 0 saturated heterocycles. The van der Waals surface area contributed by atoms with Crippen LogP contribution in [0.2, 0.25) is 0 Å². The smallest absolute Gasteiger partial charge is 0.273 e. The van der Waals surface area contributed by atoms with Gasteiger partial charge in [-0.05, 0) is 31.9 Å². The van der Waals surface area contributed by atoms with Crippen molar-refractivity contribution in [1.29, 1.82) is 0 Å². The summed E-state index contributed by atoms with van der Waals surface area (Å²) in [5, 5.41) is 2.72. The van der Waals surface area contributed by atoms with Crippen LogP contribution < -0.4 is 4.74 Å². The number of hydrogen-bond donors (Lipinski definition) is 0. The molecule has 0 N–H and O–H groups in total. The minimum atomic E-state index is -0.0322. The van der Waals surface area contributed by atoms with Gasteiger partial charge in [0.25, 0.3) is 5.91 Å². The highest BCUT2D eigenvalue weighted by molar-refractivity contribution is 7.09. The van der Waals surface area contributed by atoms with E-state index in [4.69, 9.17) is 4.74 Å². The Kier molecular flexibility index (Phi) is 5.33. The van der Waals surface area contributed by atoms with Crippen LogP contribution in [-0.4, -0.2) is 36.0 Å². The third kappa shape index (κ3) is 4.29. The van der Waals surface area contributed by atoms with E-state index in [0.29, 0.717) is 18.8 Å². The predicted molar refractivity (Wildman–Crippen MR) is 85.1 cm³/mol. The Bertz CT molecular complexity index is 610. The van der Waals surface area contributed by atoms with E-state index in [2.05, 4.69) is 4.98 Å². The lowest BCUT2D eigenvalue weighted by Crippen LogP contribution is -2.28. The molecule has 0 radical (unpaired) electrons. The molecule has 0 fully saturated rings. The summed E-state index contributed by atoms with van der Waals surface area (Å²) in [6.07, 6.45) is 0.791. The third-order valence-electron chi connectivity index (χ3n) is 3.17. The van der Waals surface area contributed by atoms with E-state index < -0.39 is 0 Å². The largest absolute Gasteiger partial charge is 0.493 e. The highest BCUT2D eigenvalue weighted by Crippen LogP contribution is 2.16. The number of aryl methyl sites for hydroxylation is 2. The quantitative estimate of drug-likeness (QED) is 0.769. The number of hydrogen-bond acceptors (Lipinski definition) is 4. The number of thiazole rings is 1. The van der Waals surface area contributed by atoms with Crippen molar-refractivity contribution in [2.45, 2.75) is 20.3 Å². The number of carbonyl (C=O) groups excluding carboxylic acids is 1. The van der Waals surface area contributed by atoms with Gasteiger partial charge < -0.3 is 9.64 Å². The van der Waals surface area contributed by atoms with Crippen LogP contribution in [0.4, 0.5) is 0 Å². The Morgan fingerprint density at radius 1 is 1.33 bits per heavy atom. The molecule has 21 heavy (non-hydrogen) atoms. The van der Waals surface area contributed by atoms with Gasteiger partial charge in [0.05, 0.1) is 11.6 Å². The summed E-state index contributed by atoms with van der Waals surface area (Å²) in [6.45, 7) is 5.17. The summed E-state index contributed by atoms with van der Waals surface area (Å²) >= 11 is 1.49. The predicted octanol–water partition coefficient (Wildman–Crippen LogP) is 3.30. The Balaban J connectivity index is 1.76. The molecule has 0 aliphatic rings.